The van der Waals surface area contributed by atoms with Gasteiger partial charge in [-0.25, -0.2) is 4.98 Å². The zero-order chi connectivity index (χ0) is 13.0. The summed E-state index contributed by atoms with van der Waals surface area (Å²) >= 11 is 3.36. The smallest absolute Gasteiger partial charge is 0.129 e. The fraction of sp³-hybridized carbons (Fsp3) is 0.143. The van der Waals surface area contributed by atoms with E-state index in [0.29, 0.717) is 5.56 Å². The Kier molecular flexibility index (Phi) is 3.96. The van der Waals surface area contributed by atoms with Crippen molar-refractivity contribution in [2.75, 3.05) is 11.9 Å². The van der Waals surface area contributed by atoms with Crippen LogP contribution in [0.25, 0.3) is 0 Å². The first kappa shape index (κ1) is 12.6. The second-order valence-electron chi connectivity index (χ2n) is 3.99. The highest BCUT2D eigenvalue weighted by atomic mass is 79.9. The monoisotopic (exact) mass is 301 g/mol. The molecule has 0 amide bonds. The molecule has 1 aromatic heterocycles. The molecule has 0 saturated carbocycles. The Morgan fingerprint density at radius 1 is 1.28 bits per heavy atom. The molecule has 1 heterocycles. The van der Waals surface area contributed by atoms with Crippen LogP contribution in [0.2, 0.25) is 0 Å². The van der Waals surface area contributed by atoms with Crippen LogP contribution in [-0.4, -0.2) is 12.0 Å². The van der Waals surface area contributed by atoms with Crippen LogP contribution in [0.5, 0.6) is 0 Å². The summed E-state index contributed by atoms with van der Waals surface area (Å²) in [5, 5.41) is 8.87. The fourth-order valence-electron chi connectivity index (χ4n) is 1.70. The average Bonchev–Trinajstić information content (AvgIpc) is 2.39. The average molecular weight is 302 g/mol. The van der Waals surface area contributed by atoms with Gasteiger partial charge >= 0.3 is 0 Å². The summed E-state index contributed by atoms with van der Waals surface area (Å²) in [6.45, 7) is 0.721. The zero-order valence-corrected chi connectivity index (χ0v) is 11.6. The van der Waals surface area contributed by atoms with Crippen molar-refractivity contribution in [2.45, 2.75) is 6.54 Å². The molecule has 3 nitrogen and oxygen atoms in total. The Balaban J connectivity index is 2.16. The van der Waals surface area contributed by atoms with Gasteiger partial charge in [0.25, 0.3) is 0 Å². The molecule has 4 heteroatoms. The SMILES string of the molecule is CN(Cc1cccc(C#N)c1)c1cccc(Br)n1. The number of rotatable bonds is 3. The van der Waals surface area contributed by atoms with Gasteiger partial charge in [-0.3, -0.25) is 0 Å². The van der Waals surface area contributed by atoms with E-state index in [1.807, 2.05) is 48.3 Å². The van der Waals surface area contributed by atoms with Crippen LogP contribution in [0, 0.1) is 11.3 Å². The number of hydrogen-bond donors (Lipinski definition) is 0. The second-order valence-corrected chi connectivity index (χ2v) is 4.80. The highest BCUT2D eigenvalue weighted by molar-refractivity contribution is 9.10. The third kappa shape index (κ3) is 3.08. The number of pyridine rings is 1. The Bertz CT molecular complexity index is 590. The Morgan fingerprint density at radius 3 is 2.78 bits per heavy atom. The molecular formula is C14H12BrN3. The molecule has 0 aliphatic carbocycles. The van der Waals surface area contributed by atoms with Crippen molar-refractivity contribution < 1.29 is 0 Å². The van der Waals surface area contributed by atoms with Crippen LogP contribution in [-0.2, 0) is 6.54 Å². The Morgan fingerprint density at radius 2 is 2.06 bits per heavy atom. The van der Waals surface area contributed by atoms with Crippen molar-refractivity contribution in [1.29, 1.82) is 5.26 Å². The molecule has 0 radical (unpaired) electrons. The molecule has 2 rings (SSSR count). The number of anilines is 1. The number of aromatic nitrogens is 1. The number of nitriles is 1. The van der Waals surface area contributed by atoms with Crippen LogP contribution >= 0.6 is 15.9 Å². The minimum Gasteiger partial charge on any atom is -0.355 e. The molecule has 18 heavy (non-hydrogen) atoms. The summed E-state index contributed by atoms with van der Waals surface area (Å²) in [5.74, 6) is 0.895. The summed E-state index contributed by atoms with van der Waals surface area (Å²) in [6.07, 6.45) is 0. The van der Waals surface area contributed by atoms with Crippen LogP contribution in [0.3, 0.4) is 0 Å². The van der Waals surface area contributed by atoms with Gasteiger partial charge in [-0.15, -0.1) is 0 Å². The highest BCUT2D eigenvalue weighted by Gasteiger charge is 2.04. The number of halogens is 1. The lowest BCUT2D eigenvalue weighted by Gasteiger charge is -2.18. The van der Waals surface area contributed by atoms with E-state index in [4.69, 9.17) is 5.26 Å². The molecule has 0 unspecified atom stereocenters. The molecule has 0 atom stereocenters. The van der Waals surface area contributed by atoms with Gasteiger partial charge in [0, 0.05) is 13.6 Å². The van der Waals surface area contributed by atoms with Gasteiger partial charge < -0.3 is 4.90 Å². The summed E-state index contributed by atoms with van der Waals surface area (Å²) in [5.41, 5.74) is 1.78. The molecular weight excluding hydrogens is 290 g/mol. The molecule has 0 aliphatic rings. The summed E-state index contributed by atoms with van der Waals surface area (Å²) < 4.78 is 0.817. The molecule has 0 aliphatic heterocycles. The first-order valence-electron chi connectivity index (χ1n) is 5.52. The maximum Gasteiger partial charge on any atom is 0.129 e. The minimum absolute atomic E-state index is 0.683. The van der Waals surface area contributed by atoms with E-state index in [1.165, 1.54) is 0 Å². The van der Waals surface area contributed by atoms with Gasteiger partial charge in [0.2, 0.25) is 0 Å². The molecule has 0 spiro atoms. The van der Waals surface area contributed by atoms with E-state index in [0.717, 1.165) is 22.5 Å². The van der Waals surface area contributed by atoms with E-state index >= 15 is 0 Å². The van der Waals surface area contributed by atoms with Crippen LogP contribution in [0.1, 0.15) is 11.1 Å². The van der Waals surface area contributed by atoms with Crippen molar-refractivity contribution in [3.8, 4) is 6.07 Å². The second kappa shape index (κ2) is 5.65. The quantitative estimate of drug-likeness (QED) is 0.816. The number of benzene rings is 1. The van der Waals surface area contributed by atoms with E-state index in [-0.39, 0.29) is 0 Å². The fourth-order valence-corrected chi connectivity index (χ4v) is 2.04. The van der Waals surface area contributed by atoms with Crippen molar-refractivity contribution in [3.63, 3.8) is 0 Å². The van der Waals surface area contributed by atoms with Gasteiger partial charge in [-0.05, 0) is 45.8 Å². The predicted molar refractivity (Wildman–Crippen MR) is 75.2 cm³/mol. The highest BCUT2D eigenvalue weighted by Crippen LogP contribution is 2.16. The van der Waals surface area contributed by atoms with Crippen LogP contribution < -0.4 is 4.90 Å². The Labute approximate surface area is 115 Å². The van der Waals surface area contributed by atoms with Gasteiger partial charge in [0.05, 0.1) is 11.6 Å². The van der Waals surface area contributed by atoms with E-state index < -0.39 is 0 Å². The molecule has 90 valence electrons. The molecule has 1 aromatic carbocycles. The third-order valence-electron chi connectivity index (χ3n) is 2.57. The molecule has 2 aromatic rings. The maximum atomic E-state index is 8.87. The first-order valence-corrected chi connectivity index (χ1v) is 6.31. The van der Waals surface area contributed by atoms with Crippen molar-refractivity contribution >= 4 is 21.7 Å². The topological polar surface area (TPSA) is 39.9 Å². The van der Waals surface area contributed by atoms with Crippen molar-refractivity contribution in [3.05, 3.63) is 58.2 Å². The molecule has 0 bridgehead atoms. The predicted octanol–water partition coefficient (Wildman–Crippen LogP) is 3.35. The largest absolute Gasteiger partial charge is 0.355 e. The normalized spacial score (nSPS) is 9.83. The molecule has 0 N–H and O–H groups in total. The van der Waals surface area contributed by atoms with Gasteiger partial charge in [0.1, 0.15) is 10.4 Å². The maximum absolute atomic E-state index is 8.87. The standard InChI is InChI=1S/C14H12BrN3/c1-18(14-7-3-6-13(15)17-14)10-12-5-2-4-11(8-12)9-16/h2-8H,10H2,1H3. The number of nitrogens with zero attached hydrogens (tertiary/aromatic N) is 3. The lowest BCUT2D eigenvalue weighted by molar-refractivity contribution is 0.894. The Hall–Kier alpha value is -1.86. The van der Waals surface area contributed by atoms with E-state index in [1.54, 1.807) is 6.07 Å². The third-order valence-corrected chi connectivity index (χ3v) is 3.01. The molecule has 0 saturated heterocycles. The van der Waals surface area contributed by atoms with E-state index in [2.05, 4.69) is 27.0 Å². The summed E-state index contributed by atoms with van der Waals surface area (Å²) in [4.78, 5) is 6.43. The van der Waals surface area contributed by atoms with Crippen LogP contribution in [0.4, 0.5) is 5.82 Å². The van der Waals surface area contributed by atoms with Gasteiger partial charge in [0.15, 0.2) is 0 Å². The van der Waals surface area contributed by atoms with Gasteiger partial charge in [-0.1, -0.05) is 18.2 Å². The lowest BCUT2D eigenvalue weighted by Crippen LogP contribution is -2.17. The lowest BCUT2D eigenvalue weighted by atomic mass is 10.1. The summed E-state index contributed by atoms with van der Waals surface area (Å²) in [7, 11) is 1.98. The zero-order valence-electron chi connectivity index (χ0n) is 9.97. The van der Waals surface area contributed by atoms with E-state index in [9.17, 15) is 0 Å². The first-order chi connectivity index (χ1) is 8.69. The van der Waals surface area contributed by atoms with Crippen molar-refractivity contribution in [1.82, 2.24) is 4.98 Å². The summed E-state index contributed by atoms with van der Waals surface area (Å²) in [6, 6.07) is 15.6. The van der Waals surface area contributed by atoms with Crippen molar-refractivity contribution in [2.24, 2.45) is 0 Å². The number of hydrogen-bond acceptors (Lipinski definition) is 3. The molecule has 0 fully saturated rings. The minimum atomic E-state index is 0.683. The van der Waals surface area contributed by atoms with Crippen LogP contribution in [0.15, 0.2) is 47.1 Å². The van der Waals surface area contributed by atoms with Gasteiger partial charge in [-0.2, -0.15) is 5.26 Å².